The summed E-state index contributed by atoms with van der Waals surface area (Å²) in [6.07, 6.45) is 0. The van der Waals surface area contributed by atoms with Crippen molar-refractivity contribution >= 4 is 18.4 Å². The molecular weight excluding hydrogens is 245 g/mol. The van der Waals surface area contributed by atoms with Crippen LogP contribution in [0.4, 0.5) is 8.78 Å². The maximum atomic E-state index is 13.1. The van der Waals surface area contributed by atoms with Crippen molar-refractivity contribution in [1.82, 2.24) is 0 Å². The maximum absolute atomic E-state index is 13.1. The first-order valence-corrected chi connectivity index (χ1v) is 6.37. The quantitative estimate of drug-likeness (QED) is 0.575. The molecule has 0 bridgehead atoms. The second kappa shape index (κ2) is 3.67. The van der Waals surface area contributed by atoms with Crippen molar-refractivity contribution < 1.29 is 18.1 Å². The first-order valence-electron chi connectivity index (χ1n) is 4.97. The first kappa shape index (κ1) is 10.5. The van der Waals surface area contributed by atoms with Gasteiger partial charge in [-0.1, -0.05) is 0 Å². The minimum absolute atomic E-state index is 0.299. The fourth-order valence-electron chi connectivity index (χ4n) is 1.80. The van der Waals surface area contributed by atoms with E-state index >= 15 is 0 Å². The lowest BCUT2D eigenvalue weighted by Crippen LogP contribution is -2.18. The highest BCUT2D eigenvalue weighted by atomic mass is 31.1. The van der Waals surface area contributed by atoms with E-state index in [0.717, 1.165) is 0 Å². The molecule has 0 amide bonds. The van der Waals surface area contributed by atoms with Crippen LogP contribution in [-0.4, -0.2) is 0 Å². The minimum Gasteiger partial charge on any atom is -0.456 e. The topological polar surface area (TPSA) is 26.3 Å². The SMILES string of the molecule is O=[PH]1c2cc(F)ccc2Oc2ccc(F)cc21. The Bertz CT molecular complexity index is 587. The summed E-state index contributed by atoms with van der Waals surface area (Å²) in [5.41, 5.74) is 0. The van der Waals surface area contributed by atoms with Gasteiger partial charge in [0.05, 0.1) is 10.6 Å². The number of ether oxygens (including phenoxy) is 1. The molecule has 1 aliphatic rings. The Kier molecular flexibility index (Phi) is 2.26. The van der Waals surface area contributed by atoms with E-state index in [4.69, 9.17) is 4.74 Å². The Morgan fingerprint density at radius 1 is 0.882 bits per heavy atom. The predicted octanol–water partition coefficient (Wildman–Crippen LogP) is 2.58. The lowest BCUT2D eigenvalue weighted by molar-refractivity contribution is 0.482. The standard InChI is InChI=1S/C12H7F2O2P/c13-7-1-3-9-11(5-7)17(15)12-6-8(14)2-4-10(12)16-9/h1-6,17H. The normalized spacial score (nSPS) is 13.8. The lowest BCUT2D eigenvalue weighted by Gasteiger charge is -2.19. The molecule has 2 aromatic rings. The van der Waals surface area contributed by atoms with E-state index in [1.165, 1.54) is 36.4 Å². The van der Waals surface area contributed by atoms with Gasteiger partial charge in [0.1, 0.15) is 30.9 Å². The highest BCUT2D eigenvalue weighted by Crippen LogP contribution is 2.37. The Morgan fingerprint density at radius 3 is 1.82 bits per heavy atom. The van der Waals surface area contributed by atoms with E-state index < -0.39 is 19.4 Å². The zero-order valence-electron chi connectivity index (χ0n) is 8.54. The molecule has 0 N–H and O–H groups in total. The van der Waals surface area contributed by atoms with E-state index in [-0.39, 0.29) is 0 Å². The molecule has 17 heavy (non-hydrogen) atoms. The molecule has 0 saturated carbocycles. The predicted molar refractivity (Wildman–Crippen MR) is 61.1 cm³/mol. The number of hydrogen-bond donors (Lipinski definition) is 0. The Balaban J connectivity index is 2.21. The van der Waals surface area contributed by atoms with Crippen LogP contribution in [0.15, 0.2) is 36.4 Å². The first-order chi connectivity index (χ1) is 8.15. The average Bonchev–Trinajstić information content (AvgIpc) is 2.32. The Labute approximate surface area is 96.6 Å². The van der Waals surface area contributed by atoms with Gasteiger partial charge in [0, 0.05) is 0 Å². The molecule has 0 spiro atoms. The maximum Gasteiger partial charge on any atom is 0.139 e. The molecule has 86 valence electrons. The highest BCUT2D eigenvalue weighted by molar-refractivity contribution is 7.62. The van der Waals surface area contributed by atoms with Crippen LogP contribution in [0.25, 0.3) is 0 Å². The molecule has 2 aromatic carbocycles. The van der Waals surface area contributed by atoms with Gasteiger partial charge in [-0.3, -0.25) is 0 Å². The number of fused-ring (bicyclic) bond motifs is 2. The van der Waals surface area contributed by atoms with Crippen LogP contribution < -0.4 is 15.3 Å². The molecule has 0 saturated heterocycles. The number of rotatable bonds is 0. The van der Waals surface area contributed by atoms with Crippen LogP contribution in [-0.2, 0) is 4.57 Å². The largest absolute Gasteiger partial charge is 0.456 e. The van der Waals surface area contributed by atoms with Crippen LogP contribution in [0.1, 0.15) is 0 Å². The van der Waals surface area contributed by atoms with Gasteiger partial charge in [0.2, 0.25) is 0 Å². The van der Waals surface area contributed by atoms with Crippen molar-refractivity contribution in [3.8, 4) is 11.5 Å². The highest BCUT2D eigenvalue weighted by Gasteiger charge is 2.24. The molecule has 1 aliphatic heterocycles. The summed E-state index contributed by atoms with van der Waals surface area (Å²) in [4.78, 5) is 0. The molecule has 0 aromatic heterocycles. The van der Waals surface area contributed by atoms with Gasteiger partial charge in [-0.15, -0.1) is 0 Å². The van der Waals surface area contributed by atoms with Crippen LogP contribution in [0.2, 0.25) is 0 Å². The van der Waals surface area contributed by atoms with Crippen molar-refractivity contribution in [3.05, 3.63) is 48.0 Å². The molecule has 0 fully saturated rings. The fourth-order valence-corrected chi connectivity index (χ4v) is 3.35. The van der Waals surface area contributed by atoms with Gasteiger partial charge in [0.15, 0.2) is 0 Å². The van der Waals surface area contributed by atoms with E-state index in [0.29, 0.717) is 22.1 Å². The summed E-state index contributed by atoms with van der Waals surface area (Å²) < 4.78 is 43.8. The van der Waals surface area contributed by atoms with Gasteiger partial charge in [-0.05, 0) is 36.4 Å². The van der Waals surface area contributed by atoms with Gasteiger partial charge >= 0.3 is 0 Å². The second-order valence-electron chi connectivity index (χ2n) is 3.71. The van der Waals surface area contributed by atoms with Crippen molar-refractivity contribution in [3.63, 3.8) is 0 Å². The lowest BCUT2D eigenvalue weighted by atomic mass is 10.3. The molecule has 2 nitrogen and oxygen atoms in total. The van der Waals surface area contributed by atoms with E-state index in [1.807, 2.05) is 0 Å². The van der Waals surface area contributed by atoms with Crippen LogP contribution >= 0.6 is 7.80 Å². The summed E-state index contributed by atoms with van der Waals surface area (Å²) in [5, 5.41) is 0.598. The van der Waals surface area contributed by atoms with Crippen molar-refractivity contribution in [1.29, 1.82) is 0 Å². The van der Waals surface area contributed by atoms with E-state index in [2.05, 4.69) is 0 Å². The number of halogens is 2. The van der Waals surface area contributed by atoms with Crippen molar-refractivity contribution in [2.75, 3.05) is 0 Å². The minimum atomic E-state index is -2.41. The zero-order chi connectivity index (χ0) is 12.0. The Morgan fingerprint density at radius 2 is 1.35 bits per heavy atom. The Hall–Kier alpha value is -1.67. The molecule has 0 aliphatic carbocycles. The molecule has 0 unspecified atom stereocenters. The molecule has 5 heteroatoms. The van der Waals surface area contributed by atoms with Crippen LogP contribution in [0.3, 0.4) is 0 Å². The number of hydrogen-bond acceptors (Lipinski definition) is 2. The van der Waals surface area contributed by atoms with E-state index in [1.54, 1.807) is 0 Å². The van der Waals surface area contributed by atoms with Crippen molar-refractivity contribution in [2.45, 2.75) is 0 Å². The third-order valence-electron chi connectivity index (χ3n) is 2.59. The molecule has 0 radical (unpaired) electrons. The van der Waals surface area contributed by atoms with Crippen LogP contribution in [0, 0.1) is 11.6 Å². The van der Waals surface area contributed by atoms with Gasteiger partial charge in [-0.25, -0.2) is 8.78 Å². The van der Waals surface area contributed by atoms with Crippen LogP contribution in [0.5, 0.6) is 11.5 Å². The second-order valence-corrected chi connectivity index (χ2v) is 5.45. The average molecular weight is 252 g/mol. The fraction of sp³-hybridized carbons (Fsp3) is 0. The summed E-state index contributed by atoms with van der Waals surface area (Å²) >= 11 is 0. The summed E-state index contributed by atoms with van der Waals surface area (Å²) in [5.74, 6) is -0.222. The monoisotopic (exact) mass is 252 g/mol. The van der Waals surface area contributed by atoms with Crippen molar-refractivity contribution in [2.24, 2.45) is 0 Å². The number of benzene rings is 2. The summed E-state index contributed by atoms with van der Waals surface area (Å²) in [6.45, 7) is 0. The van der Waals surface area contributed by atoms with E-state index in [9.17, 15) is 13.3 Å². The van der Waals surface area contributed by atoms with Gasteiger partial charge < -0.3 is 9.30 Å². The third-order valence-corrected chi connectivity index (χ3v) is 4.35. The summed E-state index contributed by atoms with van der Waals surface area (Å²) in [6, 6.07) is 7.68. The van der Waals surface area contributed by atoms with Gasteiger partial charge in [0.25, 0.3) is 0 Å². The molecule has 1 heterocycles. The molecule has 0 atom stereocenters. The third kappa shape index (κ3) is 1.65. The molecular formula is C12H7F2O2P. The smallest absolute Gasteiger partial charge is 0.139 e. The molecule has 3 rings (SSSR count). The van der Waals surface area contributed by atoms with Gasteiger partial charge in [-0.2, -0.15) is 0 Å². The summed E-state index contributed by atoms with van der Waals surface area (Å²) in [7, 11) is -2.41. The zero-order valence-corrected chi connectivity index (χ0v) is 9.54.